The Kier molecular flexibility index (Phi) is 5.41. The van der Waals surface area contributed by atoms with Crippen LogP contribution >= 0.6 is 0 Å². The fraction of sp³-hybridized carbons (Fsp3) is 0.875. The van der Waals surface area contributed by atoms with Gasteiger partial charge >= 0.3 is 6.18 Å². The van der Waals surface area contributed by atoms with Crippen molar-refractivity contribution in [1.82, 2.24) is 15.9 Å². The molecule has 0 aliphatic rings. The van der Waals surface area contributed by atoms with E-state index in [1.165, 1.54) is 12.1 Å². The highest BCUT2D eigenvalue weighted by Gasteiger charge is 2.37. The van der Waals surface area contributed by atoms with Gasteiger partial charge in [-0.1, -0.05) is 6.92 Å². The molecule has 90 valence electrons. The van der Waals surface area contributed by atoms with Gasteiger partial charge in [-0.15, -0.1) is 0 Å². The molecule has 0 fully saturated rings. The Hall–Kier alpha value is -0.980. The summed E-state index contributed by atoms with van der Waals surface area (Å²) in [6, 6.07) is -0.00518. The van der Waals surface area contributed by atoms with Gasteiger partial charge in [-0.2, -0.15) is 18.3 Å². The first-order valence-electron chi connectivity index (χ1n) is 4.64. The van der Waals surface area contributed by atoms with E-state index >= 15 is 0 Å². The number of hydrazine groups is 1. The molecule has 0 radical (unpaired) electrons. The number of nitrogens with one attached hydrogen (secondary N) is 2. The number of rotatable bonds is 4. The summed E-state index contributed by atoms with van der Waals surface area (Å²) in [5.74, 6) is -1.05. The predicted octanol–water partition coefficient (Wildman–Crippen LogP) is 1.32. The fourth-order valence-corrected chi connectivity index (χ4v) is 0.815. The summed E-state index contributed by atoms with van der Waals surface area (Å²) in [7, 11) is 2.86. The van der Waals surface area contributed by atoms with Crippen LogP contribution in [-0.2, 0) is 0 Å². The Morgan fingerprint density at radius 1 is 1.47 bits per heavy atom. The van der Waals surface area contributed by atoms with Gasteiger partial charge in [-0.3, -0.25) is 5.43 Å². The van der Waals surface area contributed by atoms with Gasteiger partial charge in [0.15, 0.2) is 0 Å². The molecule has 0 aromatic heterocycles. The molecule has 0 bridgehead atoms. The number of halogens is 3. The normalized spacial score (nSPS) is 15.3. The summed E-state index contributed by atoms with van der Waals surface area (Å²) in [6.07, 6.45) is -3.74. The maximum atomic E-state index is 12.4. The van der Waals surface area contributed by atoms with Crippen molar-refractivity contribution in [3.8, 4) is 0 Å². The molecule has 0 aromatic carbocycles. The highest BCUT2D eigenvalue weighted by Crippen LogP contribution is 2.16. The lowest BCUT2D eigenvalue weighted by atomic mass is 10.3. The second-order valence-corrected chi connectivity index (χ2v) is 3.16. The summed E-state index contributed by atoms with van der Waals surface area (Å²) in [5.41, 5.74) is 4.32. The molecule has 0 aliphatic heterocycles. The summed E-state index contributed by atoms with van der Waals surface area (Å²) >= 11 is 0. The number of alkyl halides is 3. The fourth-order valence-electron chi connectivity index (χ4n) is 0.815. The summed E-state index contributed by atoms with van der Waals surface area (Å²) in [5, 5.41) is 4.52. The third-order valence-corrected chi connectivity index (χ3v) is 2.03. The van der Waals surface area contributed by atoms with Crippen LogP contribution in [0.5, 0.6) is 0 Å². The van der Waals surface area contributed by atoms with Crippen LogP contribution in [-0.4, -0.2) is 37.2 Å². The SMILES string of the molecule is CCC(C)N(C)NC(=NNC)C(F)(F)F. The van der Waals surface area contributed by atoms with Gasteiger partial charge < -0.3 is 5.43 Å². The van der Waals surface area contributed by atoms with Crippen LogP contribution in [0.1, 0.15) is 20.3 Å². The third kappa shape index (κ3) is 4.87. The second kappa shape index (κ2) is 5.79. The Labute approximate surface area is 87.5 Å². The molecule has 15 heavy (non-hydrogen) atoms. The molecule has 0 spiro atoms. The molecule has 0 saturated carbocycles. The molecule has 7 heteroatoms. The first-order chi connectivity index (χ1) is 6.82. The van der Waals surface area contributed by atoms with Crippen LogP contribution in [0.25, 0.3) is 0 Å². The Balaban J connectivity index is 4.50. The van der Waals surface area contributed by atoms with E-state index in [0.717, 1.165) is 6.42 Å². The molecule has 1 unspecified atom stereocenters. The lowest BCUT2D eigenvalue weighted by Gasteiger charge is -2.26. The van der Waals surface area contributed by atoms with Crippen molar-refractivity contribution in [3.63, 3.8) is 0 Å². The maximum absolute atomic E-state index is 12.4. The van der Waals surface area contributed by atoms with Crippen molar-refractivity contribution in [2.75, 3.05) is 14.1 Å². The Bertz CT molecular complexity index is 214. The van der Waals surface area contributed by atoms with E-state index in [1.807, 2.05) is 13.8 Å². The average molecular weight is 226 g/mol. The van der Waals surface area contributed by atoms with Crippen LogP contribution in [0.2, 0.25) is 0 Å². The topological polar surface area (TPSA) is 39.7 Å². The molecule has 0 aromatic rings. The van der Waals surface area contributed by atoms with E-state index in [2.05, 4.69) is 16.0 Å². The molecular weight excluding hydrogens is 209 g/mol. The zero-order chi connectivity index (χ0) is 12.1. The number of nitrogens with zero attached hydrogens (tertiary/aromatic N) is 2. The molecule has 2 N–H and O–H groups in total. The largest absolute Gasteiger partial charge is 0.452 e. The quantitative estimate of drug-likeness (QED) is 0.431. The number of amidine groups is 1. The first-order valence-corrected chi connectivity index (χ1v) is 4.64. The smallest absolute Gasteiger partial charge is 0.311 e. The van der Waals surface area contributed by atoms with E-state index < -0.39 is 12.0 Å². The van der Waals surface area contributed by atoms with E-state index in [9.17, 15) is 13.2 Å². The van der Waals surface area contributed by atoms with E-state index in [-0.39, 0.29) is 6.04 Å². The minimum absolute atomic E-state index is 0.00518. The van der Waals surface area contributed by atoms with Crippen molar-refractivity contribution in [1.29, 1.82) is 0 Å². The van der Waals surface area contributed by atoms with Gasteiger partial charge in [0.05, 0.1) is 0 Å². The highest BCUT2D eigenvalue weighted by atomic mass is 19.4. The summed E-state index contributed by atoms with van der Waals surface area (Å²) < 4.78 is 37.1. The van der Waals surface area contributed by atoms with Crippen molar-refractivity contribution >= 4 is 5.84 Å². The van der Waals surface area contributed by atoms with E-state index in [0.29, 0.717) is 0 Å². The van der Waals surface area contributed by atoms with Gasteiger partial charge in [-0.25, -0.2) is 5.01 Å². The summed E-state index contributed by atoms with van der Waals surface area (Å²) in [4.78, 5) is 0. The van der Waals surface area contributed by atoms with Crippen molar-refractivity contribution < 1.29 is 13.2 Å². The van der Waals surface area contributed by atoms with Crippen molar-refractivity contribution in [3.05, 3.63) is 0 Å². The van der Waals surface area contributed by atoms with E-state index in [1.54, 1.807) is 7.05 Å². The summed E-state index contributed by atoms with van der Waals surface area (Å²) in [6.45, 7) is 3.71. The number of hydrogen-bond donors (Lipinski definition) is 2. The van der Waals surface area contributed by atoms with Gasteiger partial charge in [-0.05, 0) is 13.3 Å². The Morgan fingerprint density at radius 3 is 2.33 bits per heavy atom. The molecule has 1 atom stereocenters. The first kappa shape index (κ1) is 14.0. The molecule has 0 saturated heterocycles. The monoisotopic (exact) mass is 226 g/mol. The molecule has 0 heterocycles. The van der Waals surface area contributed by atoms with Crippen LogP contribution in [0.3, 0.4) is 0 Å². The maximum Gasteiger partial charge on any atom is 0.452 e. The van der Waals surface area contributed by atoms with Crippen molar-refractivity contribution in [2.45, 2.75) is 32.5 Å². The van der Waals surface area contributed by atoms with Crippen LogP contribution in [0.4, 0.5) is 13.2 Å². The molecule has 4 nitrogen and oxygen atoms in total. The standard InChI is InChI=1S/C8H17F3N4/c1-5-6(2)15(4)14-7(13-12-3)8(9,10)11/h6,12H,5H2,1-4H3,(H,13,14). The Morgan fingerprint density at radius 2 is 2.00 bits per heavy atom. The zero-order valence-corrected chi connectivity index (χ0v) is 9.31. The molecule has 0 aliphatic carbocycles. The van der Waals surface area contributed by atoms with Gasteiger partial charge in [0, 0.05) is 20.1 Å². The lowest BCUT2D eigenvalue weighted by molar-refractivity contribution is -0.0663. The van der Waals surface area contributed by atoms with Gasteiger partial charge in [0.25, 0.3) is 0 Å². The minimum Gasteiger partial charge on any atom is -0.311 e. The molecule has 0 amide bonds. The number of hydrazone groups is 1. The van der Waals surface area contributed by atoms with Crippen LogP contribution in [0, 0.1) is 0 Å². The zero-order valence-electron chi connectivity index (χ0n) is 9.31. The van der Waals surface area contributed by atoms with Crippen LogP contribution < -0.4 is 10.9 Å². The second-order valence-electron chi connectivity index (χ2n) is 3.16. The highest BCUT2D eigenvalue weighted by molar-refractivity contribution is 5.86. The molecule has 0 rings (SSSR count). The van der Waals surface area contributed by atoms with Gasteiger partial charge in [0.2, 0.25) is 5.84 Å². The lowest BCUT2D eigenvalue weighted by Crippen LogP contribution is -2.50. The predicted molar refractivity (Wildman–Crippen MR) is 53.2 cm³/mol. The van der Waals surface area contributed by atoms with Crippen LogP contribution in [0.15, 0.2) is 5.10 Å². The third-order valence-electron chi connectivity index (χ3n) is 2.03. The minimum atomic E-state index is -4.48. The van der Waals surface area contributed by atoms with Crippen molar-refractivity contribution in [2.24, 2.45) is 5.10 Å². The van der Waals surface area contributed by atoms with E-state index in [4.69, 9.17) is 0 Å². The van der Waals surface area contributed by atoms with Gasteiger partial charge in [0.1, 0.15) is 0 Å². The average Bonchev–Trinajstić information content (AvgIpc) is 2.14. The molecular formula is C8H17F3N4. The number of hydrogen-bond acceptors (Lipinski definition) is 3.